The first-order valence-corrected chi connectivity index (χ1v) is 4.51. The van der Waals surface area contributed by atoms with Crippen LogP contribution < -0.4 is 0 Å². The second-order valence-corrected chi connectivity index (χ2v) is 3.62. The lowest BCUT2D eigenvalue weighted by Gasteiger charge is -1.97. The van der Waals surface area contributed by atoms with E-state index >= 15 is 0 Å². The first kappa shape index (κ1) is 8.01. The van der Waals surface area contributed by atoms with Crippen molar-refractivity contribution in [1.29, 1.82) is 0 Å². The molecule has 0 aliphatic carbocycles. The first-order chi connectivity index (χ1) is 5.68. The highest BCUT2D eigenvalue weighted by molar-refractivity contribution is 9.10. The predicted molar refractivity (Wildman–Crippen MR) is 50.4 cm³/mol. The molecule has 0 fully saturated rings. The Hall–Kier alpha value is -0.610. The molecule has 0 aromatic carbocycles. The molecule has 0 aliphatic heterocycles. The van der Waals surface area contributed by atoms with E-state index in [1.807, 2.05) is 17.5 Å². The van der Waals surface area contributed by atoms with Crippen LogP contribution in [0, 0.1) is 6.92 Å². The lowest BCUT2D eigenvalue weighted by atomic mass is 10.5. The largest absolute Gasteiger partial charge is 0.299 e. The number of nitrogens with zero attached hydrogens (tertiary/aromatic N) is 3. The van der Waals surface area contributed by atoms with Crippen LogP contribution in [0.1, 0.15) is 5.69 Å². The van der Waals surface area contributed by atoms with Crippen LogP contribution >= 0.6 is 27.5 Å². The summed E-state index contributed by atoms with van der Waals surface area (Å²) in [4.78, 5) is 8.12. The van der Waals surface area contributed by atoms with Gasteiger partial charge in [-0.1, -0.05) is 11.6 Å². The summed E-state index contributed by atoms with van der Waals surface area (Å²) in [5.74, 6) is 0. The fourth-order valence-electron chi connectivity index (χ4n) is 1.04. The van der Waals surface area contributed by atoms with Gasteiger partial charge in [-0.15, -0.1) is 0 Å². The molecule has 12 heavy (non-hydrogen) atoms. The summed E-state index contributed by atoms with van der Waals surface area (Å²) >= 11 is 9.11. The van der Waals surface area contributed by atoms with E-state index in [0.717, 1.165) is 5.69 Å². The average Bonchev–Trinajstić information content (AvgIpc) is 2.33. The molecule has 0 atom stereocenters. The molecular formula is C7H5BrClN3. The van der Waals surface area contributed by atoms with E-state index < -0.39 is 0 Å². The van der Waals surface area contributed by atoms with Gasteiger partial charge in [-0.2, -0.15) is 0 Å². The number of imidazole rings is 1. The van der Waals surface area contributed by atoms with Gasteiger partial charge in [0, 0.05) is 18.1 Å². The summed E-state index contributed by atoms with van der Waals surface area (Å²) in [5, 5.41) is 0.414. The van der Waals surface area contributed by atoms with Gasteiger partial charge in [0.25, 0.3) is 0 Å². The van der Waals surface area contributed by atoms with Crippen LogP contribution in [0.4, 0.5) is 0 Å². The smallest absolute Gasteiger partial charge is 0.175 e. The van der Waals surface area contributed by atoms with E-state index in [1.54, 1.807) is 6.20 Å². The van der Waals surface area contributed by atoms with Crippen molar-refractivity contribution >= 4 is 33.2 Å². The highest BCUT2D eigenvalue weighted by atomic mass is 79.9. The molecule has 0 amide bonds. The van der Waals surface area contributed by atoms with Crippen LogP contribution in [-0.2, 0) is 0 Å². The number of aromatic nitrogens is 3. The topological polar surface area (TPSA) is 30.2 Å². The van der Waals surface area contributed by atoms with Gasteiger partial charge in [-0.3, -0.25) is 4.40 Å². The van der Waals surface area contributed by atoms with Gasteiger partial charge in [0.05, 0.1) is 0 Å². The van der Waals surface area contributed by atoms with Gasteiger partial charge in [0.15, 0.2) is 10.8 Å². The van der Waals surface area contributed by atoms with E-state index in [9.17, 15) is 0 Å². The van der Waals surface area contributed by atoms with Crippen molar-refractivity contribution in [3.05, 3.63) is 27.8 Å². The molecule has 0 bridgehead atoms. The molecular weight excluding hydrogens is 241 g/mol. The molecule has 0 spiro atoms. The van der Waals surface area contributed by atoms with E-state index in [-0.39, 0.29) is 0 Å². The Morgan fingerprint density at radius 2 is 2.33 bits per heavy atom. The molecule has 0 aliphatic rings. The van der Waals surface area contributed by atoms with Gasteiger partial charge in [0.1, 0.15) is 4.60 Å². The Bertz CT molecular complexity index is 437. The maximum atomic E-state index is 5.85. The Morgan fingerprint density at radius 3 is 3.08 bits per heavy atom. The molecule has 2 aromatic heterocycles. The van der Waals surface area contributed by atoms with E-state index in [1.165, 1.54) is 0 Å². The lowest BCUT2D eigenvalue weighted by molar-refractivity contribution is 1.06. The van der Waals surface area contributed by atoms with Crippen molar-refractivity contribution in [3.63, 3.8) is 0 Å². The SMILES string of the molecule is Cc1cnc2c(Cl)nc(Br)cn12. The zero-order chi connectivity index (χ0) is 8.72. The zero-order valence-corrected chi connectivity index (χ0v) is 8.59. The van der Waals surface area contributed by atoms with Crippen LogP contribution in [0.5, 0.6) is 0 Å². The standard InChI is InChI=1S/C7H5BrClN3/c1-4-2-10-7-6(9)11-5(8)3-12(4)7/h2-3H,1H3. The first-order valence-electron chi connectivity index (χ1n) is 3.34. The Morgan fingerprint density at radius 1 is 1.58 bits per heavy atom. The molecule has 2 aromatic rings. The zero-order valence-electron chi connectivity index (χ0n) is 6.25. The minimum absolute atomic E-state index is 0.414. The van der Waals surface area contributed by atoms with E-state index in [2.05, 4.69) is 25.9 Å². The second kappa shape index (κ2) is 2.71. The van der Waals surface area contributed by atoms with Gasteiger partial charge in [-0.25, -0.2) is 9.97 Å². The van der Waals surface area contributed by atoms with Crippen molar-refractivity contribution in [2.45, 2.75) is 6.92 Å². The average molecular weight is 246 g/mol. The molecule has 2 heterocycles. The number of rotatable bonds is 0. The third-order valence-corrected chi connectivity index (χ3v) is 2.24. The van der Waals surface area contributed by atoms with Gasteiger partial charge >= 0.3 is 0 Å². The summed E-state index contributed by atoms with van der Waals surface area (Å²) in [6.45, 7) is 1.96. The summed E-state index contributed by atoms with van der Waals surface area (Å²) in [6.07, 6.45) is 3.60. The third kappa shape index (κ3) is 1.11. The van der Waals surface area contributed by atoms with Crippen molar-refractivity contribution in [1.82, 2.24) is 14.4 Å². The molecule has 0 N–H and O–H groups in total. The summed E-state index contributed by atoms with van der Waals surface area (Å²) < 4.78 is 2.60. The second-order valence-electron chi connectivity index (χ2n) is 2.45. The van der Waals surface area contributed by atoms with Crippen molar-refractivity contribution < 1.29 is 0 Å². The van der Waals surface area contributed by atoms with Crippen molar-refractivity contribution in [2.75, 3.05) is 0 Å². The number of hydrogen-bond acceptors (Lipinski definition) is 2. The monoisotopic (exact) mass is 245 g/mol. The van der Waals surface area contributed by atoms with E-state index in [4.69, 9.17) is 11.6 Å². The van der Waals surface area contributed by atoms with Crippen LogP contribution in [0.3, 0.4) is 0 Å². The highest BCUT2D eigenvalue weighted by Crippen LogP contribution is 2.18. The van der Waals surface area contributed by atoms with Crippen molar-refractivity contribution in [3.8, 4) is 0 Å². The van der Waals surface area contributed by atoms with Crippen LogP contribution in [0.25, 0.3) is 5.65 Å². The van der Waals surface area contributed by atoms with Crippen LogP contribution in [0.15, 0.2) is 17.0 Å². The highest BCUT2D eigenvalue weighted by Gasteiger charge is 2.05. The minimum Gasteiger partial charge on any atom is -0.299 e. The van der Waals surface area contributed by atoms with Gasteiger partial charge < -0.3 is 0 Å². The third-order valence-electron chi connectivity index (χ3n) is 1.61. The number of fused-ring (bicyclic) bond motifs is 1. The fraction of sp³-hybridized carbons (Fsp3) is 0.143. The number of halogens is 2. The predicted octanol–water partition coefficient (Wildman–Crippen LogP) is 2.45. The Balaban J connectivity index is 2.92. The molecule has 0 saturated carbocycles. The maximum absolute atomic E-state index is 5.85. The van der Waals surface area contributed by atoms with E-state index in [0.29, 0.717) is 15.4 Å². The molecule has 0 unspecified atom stereocenters. The fourth-order valence-corrected chi connectivity index (χ4v) is 1.76. The van der Waals surface area contributed by atoms with Crippen molar-refractivity contribution in [2.24, 2.45) is 0 Å². The van der Waals surface area contributed by atoms with Gasteiger partial charge in [0.2, 0.25) is 0 Å². The van der Waals surface area contributed by atoms with Gasteiger partial charge in [-0.05, 0) is 22.9 Å². The molecule has 3 nitrogen and oxygen atoms in total. The van der Waals surface area contributed by atoms with Crippen LogP contribution in [0.2, 0.25) is 5.15 Å². The molecule has 62 valence electrons. The summed E-state index contributed by atoms with van der Waals surface area (Å²) in [5.41, 5.74) is 1.73. The molecule has 2 rings (SSSR count). The molecule has 5 heteroatoms. The normalized spacial score (nSPS) is 10.9. The quantitative estimate of drug-likeness (QED) is 0.715. The Kier molecular flexibility index (Phi) is 1.81. The Labute approximate surface area is 82.5 Å². The minimum atomic E-state index is 0.414. The number of hydrogen-bond donors (Lipinski definition) is 0. The maximum Gasteiger partial charge on any atom is 0.175 e. The molecule has 0 radical (unpaired) electrons. The number of aryl methyl sites for hydroxylation is 1. The van der Waals surface area contributed by atoms with Crippen LogP contribution in [-0.4, -0.2) is 14.4 Å². The lowest BCUT2D eigenvalue weighted by Crippen LogP contribution is -1.90. The summed E-state index contributed by atoms with van der Waals surface area (Å²) in [6, 6.07) is 0. The summed E-state index contributed by atoms with van der Waals surface area (Å²) in [7, 11) is 0. The molecule has 0 saturated heterocycles.